The first-order valence-electron chi connectivity index (χ1n) is 8.50. The highest BCUT2D eigenvalue weighted by molar-refractivity contribution is 14.0. The lowest BCUT2D eigenvalue weighted by atomic mass is 9.99. The Balaban J connectivity index is 0.00000312. The molecule has 1 atom stereocenters. The molecule has 0 aromatic heterocycles. The van der Waals surface area contributed by atoms with Gasteiger partial charge in [-0.2, -0.15) is 0 Å². The highest BCUT2D eigenvalue weighted by Crippen LogP contribution is 2.24. The molecule has 142 valence electrons. The molecule has 1 unspecified atom stereocenters. The first kappa shape index (κ1) is 22.1. The molecule has 0 spiro atoms. The van der Waals surface area contributed by atoms with Gasteiger partial charge in [0.1, 0.15) is 11.6 Å². The second kappa shape index (κ2) is 10.3. The second-order valence-corrected chi connectivity index (χ2v) is 6.71. The fourth-order valence-corrected chi connectivity index (χ4v) is 3.11. The van der Waals surface area contributed by atoms with Gasteiger partial charge in [0.05, 0.1) is 6.04 Å². The Morgan fingerprint density at radius 2 is 1.84 bits per heavy atom. The van der Waals surface area contributed by atoms with Crippen LogP contribution in [0.25, 0.3) is 0 Å². The van der Waals surface area contributed by atoms with Gasteiger partial charge in [0, 0.05) is 32.2 Å². The van der Waals surface area contributed by atoms with Gasteiger partial charge >= 0.3 is 0 Å². The summed E-state index contributed by atoms with van der Waals surface area (Å²) < 4.78 is 28.3. The van der Waals surface area contributed by atoms with Crippen LogP contribution in [0.15, 0.2) is 23.2 Å². The lowest BCUT2D eigenvalue weighted by Crippen LogP contribution is -2.47. The minimum absolute atomic E-state index is 0. The van der Waals surface area contributed by atoms with Crippen LogP contribution in [0.2, 0.25) is 0 Å². The number of hydrogen-bond acceptors (Lipinski definition) is 2. The van der Waals surface area contributed by atoms with E-state index in [1.807, 2.05) is 19.0 Å². The van der Waals surface area contributed by atoms with Gasteiger partial charge in [-0.25, -0.2) is 8.78 Å². The third-order valence-corrected chi connectivity index (χ3v) is 4.70. The summed E-state index contributed by atoms with van der Waals surface area (Å²) in [5, 5.41) is 3.29. The number of halogens is 3. The quantitative estimate of drug-likeness (QED) is 0.419. The maximum absolute atomic E-state index is 14.1. The van der Waals surface area contributed by atoms with Crippen molar-refractivity contribution >= 4 is 29.9 Å². The Hall–Kier alpha value is -0.960. The Kier molecular flexibility index (Phi) is 9.06. The summed E-state index contributed by atoms with van der Waals surface area (Å²) in [6, 6.07) is 3.58. The van der Waals surface area contributed by atoms with Crippen molar-refractivity contribution in [1.29, 1.82) is 0 Å². The van der Waals surface area contributed by atoms with Crippen molar-refractivity contribution < 1.29 is 8.78 Å². The summed E-state index contributed by atoms with van der Waals surface area (Å²) in [5.41, 5.74) is 0.0951. The number of nitrogens with zero attached hydrogens (tertiary/aromatic N) is 3. The van der Waals surface area contributed by atoms with Crippen LogP contribution in [0.1, 0.15) is 31.4 Å². The Bertz CT molecular complexity index is 552. The lowest BCUT2D eigenvalue weighted by Gasteiger charge is -2.34. The maximum atomic E-state index is 14.1. The zero-order valence-electron chi connectivity index (χ0n) is 15.4. The van der Waals surface area contributed by atoms with Crippen molar-refractivity contribution in [2.45, 2.75) is 25.8 Å². The molecule has 0 radical (unpaired) electrons. The molecule has 0 saturated carbocycles. The van der Waals surface area contributed by atoms with Crippen molar-refractivity contribution in [3.05, 3.63) is 35.4 Å². The van der Waals surface area contributed by atoms with Crippen molar-refractivity contribution in [3.8, 4) is 0 Å². The Morgan fingerprint density at radius 1 is 1.28 bits per heavy atom. The molecule has 0 amide bonds. The van der Waals surface area contributed by atoms with E-state index in [-0.39, 0.29) is 29.5 Å². The molecule has 1 aliphatic rings. The predicted octanol–water partition coefficient (Wildman–Crippen LogP) is 3.49. The van der Waals surface area contributed by atoms with E-state index < -0.39 is 17.7 Å². The number of hydrogen-bond donors (Lipinski definition) is 1. The summed E-state index contributed by atoms with van der Waals surface area (Å²) in [6.45, 7) is 4.57. The van der Waals surface area contributed by atoms with E-state index in [0.29, 0.717) is 6.54 Å². The van der Waals surface area contributed by atoms with Crippen molar-refractivity contribution in [3.63, 3.8) is 0 Å². The van der Waals surface area contributed by atoms with E-state index in [2.05, 4.69) is 22.1 Å². The van der Waals surface area contributed by atoms with Gasteiger partial charge in [-0.3, -0.25) is 4.99 Å². The standard InChI is InChI=1S/C18H28F2N4.HI/c1-13-8-10-24(11-9-13)18(21-2)22-12-16(23(3)4)17-14(19)6-5-7-15(17)20;/h5-7,13,16H,8-12H2,1-4H3,(H,21,22);1H. The summed E-state index contributed by atoms with van der Waals surface area (Å²) in [5.74, 6) is 0.501. The van der Waals surface area contributed by atoms with E-state index in [1.165, 1.54) is 18.2 Å². The predicted molar refractivity (Wildman–Crippen MR) is 110 cm³/mol. The minimum atomic E-state index is -0.516. The van der Waals surface area contributed by atoms with Crippen LogP contribution in [0, 0.1) is 17.6 Å². The second-order valence-electron chi connectivity index (χ2n) is 6.71. The van der Waals surface area contributed by atoms with Crippen LogP contribution in [-0.2, 0) is 0 Å². The third kappa shape index (κ3) is 5.77. The number of likely N-dealkylation sites (N-methyl/N-ethyl adjacent to an activating group) is 1. The molecule has 1 saturated heterocycles. The van der Waals surface area contributed by atoms with Crippen molar-refractivity contribution in [1.82, 2.24) is 15.1 Å². The highest BCUT2D eigenvalue weighted by Gasteiger charge is 2.24. The van der Waals surface area contributed by atoms with Gasteiger partial charge in [0.25, 0.3) is 0 Å². The van der Waals surface area contributed by atoms with Gasteiger partial charge in [0.15, 0.2) is 5.96 Å². The molecule has 2 rings (SSSR count). The number of nitrogens with one attached hydrogen (secondary N) is 1. The van der Waals surface area contributed by atoms with Crippen LogP contribution in [0.5, 0.6) is 0 Å². The molecule has 1 aromatic rings. The molecule has 1 aromatic carbocycles. The average molecular weight is 466 g/mol. The van der Waals surface area contributed by atoms with E-state index in [4.69, 9.17) is 0 Å². The monoisotopic (exact) mass is 466 g/mol. The van der Waals surface area contributed by atoms with Crippen LogP contribution < -0.4 is 5.32 Å². The maximum Gasteiger partial charge on any atom is 0.193 e. The average Bonchev–Trinajstić information content (AvgIpc) is 2.54. The first-order chi connectivity index (χ1) is 11.4. The summed E-state index contributed by atoms with van der Waals surface area (Å²) >= 11 is 0. The van der Waals surface area contributed by atoms with Crippen LogP contribution in [-0.4, -0.2) is 56.5 Å². The molecular weight excluding hydrogens is 437 g/mol. The number of piperidine rings is 1. The number of guanidine groups is 1. The SMILES string of the molecule is CN=C(NCC(c1c(F)cccc1F)N(C)C)N1CCC(C)CC1.I. The zero-order chi connectivity index (χ0) is 17.7. The smallest absolute Gasteiger partial charge is 0.193 e. The molecule has 7 heteroatoms. The van der Waals surface area contributed by atoms with Crippen molar-refractivity contribution in [2.24, 2.45) is 10.9 Å². The molecule has 0 aliphatic carbocycles. The van der Waals surface area contributed by atoms with Crippen LogP contribution in [0.4, 0.5) is 8.78 Å². The fourth-order valence-electron chi connectivity index (χ4n) is 3.11. The summed E-state index contributed by atoms with van der Waals surface area (Å²) in [7, 11) is 5.39. The molecular formula is C18H29F2IN4. The van der Waals surface area contributed by atoms with Gasteiger partial charge in [-0.15, -0.1) is 24.0 Å². The van der Waals surface area contributed by atoms with Gasteiger partial charge in [0.2, 0.25) is 0 Å². The highest BCUT2D eigenvalue weighted by atomic mass is 127. The fraction of sp³-hybridized carbons (Fsp3) is 0.611. The van der Waals surface area contributed by atoms with Gasteiger partial charge < -0.3 is 15.1 Å². The molecule has 1 heterocycles. The molecule has 1 aliphatic heterocycles. The Morgan fingerprint density at radius 3 is 2.32 bits per heavy atom. The van der Waals surface area contributed by atoms with Crippen molar-refractivity contribution in [2.75, 3.05) is 40.8 Å². The van der Waals surface area contributed by atoms with E-state index in [9.17, 15) is 8.78 Å². The zero-order valence-corrected chi connectivity index (χ0v) is 17.8. The lowest BCUT2D eigenvalue weighted by molar-refractivity contribution is 0.259. The van der Waals surface area contributed by atoms with Gasteiger partial charge in [-0.1, -0.05) is 13.0 Å². The minimum Gasteiger partial charge on any atom is -0.354 e. The summed E-state index contributed by atoms with van der Waals surface area (Å²) in [4.78, 5) is 8.36. The number of rotatable bonds is 4. The topological polar surface area (TPSA) is 30.9 Å². The largest absolute Gasteiger partial charge is 0.354 e. The molecule has 4 nitrogen and oxygen atoms in total. The molecule has 0 bridgehead atoms. The number of likely N-dealkylation sites (tertiary alicyclic amines) is 1. The summed E-state index contributed by atoms with van der Waals surface area (Å²) in [6.07, 6.45) is 2.28. The van der Waals surface area contributed by atoms with E-state index in [0.717, 1.165) is 37.8 Å². The third-order valence-electron chi connectivity index (χ3n) is 4.70. The normalized spacial score (nSPS) is 17.4. The molecule has 25 heavy (non-hydrogen) atoms. The van der Waals surface area contributed by atoms with E-state index in [1.54, 1.807) is 7.05 Å². The first-order valence-corrected chi connectivity index (χ1v) is 8.50. The van der Waals surface area contributed by atoms with Crippen LogP contribution in [0.3, 0.4) is 0 Å². The number of aliphatic imine (C=N–C) groups is 1. The Labute approximate surface area is 166 Å². The van der Waals surface area contributed by atoms with E-state index >= 15 is 0 Å². The number of benzene rings is 1. The van der Waals surface area contributed by atoms with Crippen LogP contribution >= 0.6 is 24.0 Å². The van der Waals surface area contributed by atoms with Gasteiger partial charge in [-0.05, 0) is 45.0 Å². The molecule has 1 fully saturated rings. The molecule has 1 N–H and O–H groups in total.